The van der Waals surface area contributed by atoms with Crippen LogP contribution >= 0.6 is 11.8 Å². The van der Waals surface area contributed by atoms with Crippen LogP contribution in [0.15, 0.2) is 41.8 Å². The third-order valence-electron chi connectivity index (χ3n) is 3.39. The quantitative estimate of drug-likeness (QED) is 0.808. The average Bonchev–Trinajstić information content (AvgIpc) is 2.92. The Balaban J connectivity index is 1.93. The molecule has 2 heterocycles. The van der Waals surface area contributed by atoms with Gasteiger partial charge in [-0.1, -0.05) is 30.8 Å². The lowest BCUT2D eigenvalue weighted by atomic mass is 10.1. The molecule has 1 atom stereocenters. The van der Waals surface area contributed by atoms with E-state index in [2.05, 4.69) is 44.9 Å². The van der Waals surface area contributed by atoms with E-state index in [1.807, 2.05) is 12.3 Å². The van der Waals surface area contributed by atoms with E-state index in [0.717, 1.165) is 23.1 Å². The van der Waals surface area contributed by atoms with Crippen molar-refractivity contribution in [2.24, 2.45) is 0 Å². The van der Waals surface area contributed by atoms with Gasteiger partial charge in [-0.15, -0.1) is 10.2 Å². The Morgan fingerprint density at radius 3 is 3.05 bits per heavy atom. The van der Waals surface area contributed by atoms with Crippen LogP contribution in [0.2, 0.25) is 0 Å². The van der Waals surface area contributed by atoms with Crippen LogP contribution in [0, 0.1) is 0 Å². The minimum atomic E-state index is 0.507. The van der Waals surface area contributed by atoms with Crippen LogP contribution in [0.25, 0.3) is 5.69 Å². The fourth-order valence-electron chi connectivity index (χ4n) is 2.37. The van der Waals surface area contributed by atoms with Gasteiger partial charge >= 0.3 is 0 Å². The van der Waals surface area contributed by atoms with Crippen molar-refractivity contribution in [1.82, 2.24) is 19.7 Å². The third-order valence-corrected chi connectivity index (χ3v) is 4.56. The zero-order valence-corrected chi connectivity index (χ0v) is 12.4. The Kier molecular flexibility index (Phi) is 4.16. The smallest absolute Gasteiger partial charge is 0.196 e. The molecule has 2 aromatic rings. The van der Waals surface area contributed by atoms with Gasteiger partial charge in [0.05, 0.1) is 11.9 Å². The molecular weight excluding hydrogens is 268 g/mol. The van der Waals surface area contributed by atoms with Gasteiger partial charge in [-0.3, -0.25) is 9.55 Å². The summed E-state index contributed by atoms with van der Waals surface area (Å²) in [5.41, 5.74) is 1.04. The van der Waals surface area contributed by atoms with Gasteiger partial charge in [0.15, 0.2) is 5.16 Å². The summed E-state index contributed by atoms with van der Waals surface area (Å²) >= 11 is 1.80. The molecule has 0 spiro atoms. The highest BCUT2D eigenvalue weighted by Crippen LogP contribution is 2.30. The normalized spacial score (nSPS) is 18.4. The predicted molar refractivity (Wildman–Crippen MR) is 81.2 cm³/mol. The van der Waals surface area contributed by atoms with Crippen molar-refractivity contribution in [3.8, 4) is 5.69 Å². The lowest BCUT2D eigenvalue weighted by molar-refractivity contribution is 0.735. The SMILES string of the molecule is CCc1nnc(SC2C=CCCC2)n1-c1cccnc1. The number of hydrogen-bond donors (Lipinski definition) is 0. The number of aryl methyl sites for hydroxylation is 1. The number of thioether (sulfide) groups is 1. The maximum atomic E-state index is 4.37. The van der Waals surface area contributed by atoms with Gasteiger partial charge in [0.25, 0.3) is 0 Å². The van der Waals surface area contributed by atoms with Crippen molar-refractivity contribution in [2.75, 3.05) is 0 Å². The molecule has 3 rings (SSSR count). The largest absolute Gasteiger partial charge is 0.272 e. The molecule has 0 saturated carbocycles. The zero-order chi connectivity index (χ0) is 13.8. The maximum Gasteiger partial charge on any atom is 0.196 e. The van der Waals surface area contributed by atoms with E-state index in [-0.39, 0.29) is 0 Å². The van der Waals surface area contributed by atoms with E-state index in [1.165, 1.54) is 19.3 Å². The molecule has 0 saturated heterocycles. The molecule has 5 heteroatoms. The minimum Gasteiger partial charge on any atom is -0.272 e. The average molecular weight is 286 g/mol. The van der Waals surface area contributed by atoms with Gasteiger partial charge in [0.1, 0.15) is 5.82 Å². The van der Waals surface area contributed by atoms with Gasteiger partial charge < -0.3 is 0 Å². The van der Waals surface area contributed by atoms with Crippen LogP contribution in [0.5, 0.6) is 0 Å². The number of hydrogen-bond acceptors (Lipinski definition) is 4. The molecule has 0 aromatic carbocycles. The number of rotatable bonds is 4. The summed E-state index contributed by atoms with van der Waals surface area (Å²) in [6.07, 6.45) is 12.8. The monoisotopic (exact) mass is 286 g/mol. The molecule has 0 amide bonds. The van der Waals surface area contributed by atoms with E-state index in [4.69, 9.17) is 0 Å². The van der Waals surface area contributed by atoms with E-state index in [9.17, 15) is 0 Å². The fraction of sp³-hybridized carbons (Fsp3) is 0.400. The van der Waals surface area contributed by atoms with Crippen LogP contribution < -0.4 is 0 Å². The lowest BCUT2D eigenvalue weighted by Gasteiger charge is -2.16. The lowest BCUT2D eigenvalue weighted by Crippen LogP contribution is -2.07. The Morgan fingerprint density at radius 2 is 2.35 bits per heavy atom. The van der Waals surface area contributed by atoms with Crippen molar-refractivity contribution in [1.29, 1.82) is 0 Å². The highest BCUT2D eigenvalue weighted by atomic mass is 32.2. The molecular formula is C15H18N4S. The van der Waals surface area contributed by atoms with E-state index in [1.54, 1.807) is 18.0 Å². The van der Waals surface area contributed by atoms with E-state index < -0.39 is 0 Å². The van der Waals surface area contributed by atoms with Crippen molar-refractivity contribution in [3.63, 3.8) is 0 Å². The Labute approximate surface area is 123 Å². The molecule has 4 nitrogen and oxygen atoms in total. The molecule has 20 heavy (non-hydrogen) atoms. The summed E-state index contributed by atoms with van der Waals surface area (Å²) in [6.45, 7) is 2.10. The first-order valence-electron chi connectivity index (χ1n) is 7.06. The number of nitrogens with zero attached hydrogens (tertiary/aromatic N) is 4. The molecule has 1 aliphatic rings. The minimum absolute atomic E-state index is 0.507. The second-order valence-electron chi connectivity index (χ2n) is 4.81. The highest BCUT2D eigenvalue weighted by molar-refractivity contribution is 7.99. The summed E-state index contributed by atoms with van der Waals surface area (Å²) in [7, 11) is 0. The van der Waals surface area contributed by atoms with Gasteiger partial charge in [-0.05, 0) is 31.4 Å². The molecule has 0 radical (unpaired) electrons. The Bertz CT molecular complexity index is 591. The molecule has 0 bridgehead atoms. The molecule has 2 aromatic heterocycles. The molecule has 1 unspecified atom stereocenters. The molecule has 0 aliphatic heterocycles. The van der Waals surface area contributed by atoms with Crippen molar-refractivity contribution in [3.05, 3.63) is 42.5 Å². The number of pyridine rings is 1. The standard InChI is InChI=1S/C15H18N4S/c1-2-14-17-18-15(20-13-8-4-3-5-9-13)19(14)12-7-6-10-16-11-12/h4,6-8,10-11,13H,2-3,5,9H2,1H3. The second-order valence-corrected chi connectivity index (χ2v) is 6.02. The zero-order valence-electron chi connectivity index (χ0n) is 11.6. The summed E-state index contributed by atoms with van der Waals surface area (Å²) in [6, 6.07) is 4.00. The predicted octanol–water partition coefficient (Wildman–Crippen LogP) is 3.43. The van der Waals surface area contributed by atoms with Crippen LogP contribution in [-0.4, -0.2) is 25.0 Å². The van der Waals surface area contributed by atoms with Crippen molar-refractivity contribution >= 4 is 11.8 Å². The Morgan fingerprint density at radius 1 is 1.40 bits per heavy atom. The topological polar surface area (TPSA) is 43.6 Å². The van der Waals surface area contributed by atoms with Gasteiger partial charge in [0.2, 0.25) is 0 Å². The van der Waals surface area contributed by atoms with Crippen LogP contribution in [0.4, 0.5) is 0 Å². The number of aromatic nitrogens is 4. The van der Waals surface area contributed by atoms with E-state index in [0.29, 0.717) is 5.25 Å². The molecule has 104 valence electrons. The summed E-state index contributed by atoms with van der Waals surface area (Å²) in [4.78, 5) is 4.20. The third kappa shape index (κ3) is 2.77. The fourth-order valence-corrected chi connectivity index (χ4v) is 3.51. The first kappa shape index (κ1) is 13.4. The van der Waals surface area contributed by atoms with Gasteiger partial charge in [-0.25, -0.2) is 0 Å². The van der Waals surface area contributed by atoms with Crippen LogP contribution in [0.1, 0.15) is 32.0 Å². The summed E-state index contributed by atoms with van der Waals surface area (Å²) < 4.78 is 2.13. The Hall–Kier alpha value is -1.62. The van der Waals surface area contributed by atoms with Crippen molar-refractivity contribution in [2.45, 2.75) is 43.0 Å². The molecule has 0 fully saturated rings. The van der Waals surface area contributed by atoms with Gasteiger partial charge in [-0.2, -0.15) is 0 Å². The summed E-state index contributed by atoms with van der Waals surface area (Å²) in [5.74, 6) is 0.986. The number of allylic oxidation sites excluding steroid dienone is 1. The summed E-state index contributed by atoms with van der Waals surface area (Å²) in [5, 5.41) is 10.2. The van der Waals surface area contributed by atoms with Crippen LogP contribution in [-0.2, 0) is 6.42 Å². The molecule has 0 N–H and O–H groups in total. The highest BCUT2D eigenvalue weighted by Gasteiger charge is 2.18. The maximum absolute atomic E-state index is 4.37. The molecule has 1 aliphatic carbocycles. The van der Waals surface area contributed by atoms with Gasteiger partial charge in [0, 0.05) is 17.9 Å². The van der Waals surface area contributed by atoms with Crippen molar-refractivity contribution < 1.29 is 0 Å². The first-order valence-corrected chi connectivity index (χ1v) is 7.94. The van der Waals surface area contributed by atoms with Crippen LogP contribution in [0.3, 0.4) is 0 Å². The second kappa shape index (κ2) is 6.22. The first-order chi connectivity index (χ1) is 9.88. The van der Waals surface area contributed by atoms with E-state index >= 15 is 0 Å².